The molecule has 1 heterocycles. The minimum Gasteiger partial charge on any atom is -0.379 e. The summed E-state index contributed by atoms with van der Waals surface area (Å²) in [5.41, 5.74) is 0.485. The molecule has 7 heteroatoms. The molecule has 0 amide bonds. The third-order valence-corrected chi connectivity index (χ3v) is 5.22. The van der Waals surface area contributed by atoms with Gasteiger partial charge in [-0.15, -0.1) is 11.6 Å². The number of benzene rings is 1. The first-order valence-corrected chi connectivity index (χ1v) is 7.87. The van der Waals surface area contributed by atoms with E-state index in [2.05, 4.69) is 0 Å². The number of alkyl halides is 1. The van der Waals surface area contributed by atoms with Crippen LogP contribution in [0.4, 0.5) is 4.39 Å². The average Bonchev–Trinajstić information content (AvgIpc) is 2.42. The van der Waals surface area contributed by atoms with Crippen LogP contribution >= 0.6 is 11.6 Å². The Morgan fingerprint density at radius 2 is 2.00 bits per heavy atom. The van der Waals surface area contributed by atoms with Gasteiger partial charge >= 0.3 is 0 Å². The molecule has 0 bridgehead atoms. The summed E-state index contributed by atoms with van der Waals surface area (Å²) in [6, 6.07) is 2.65. The van der Waals surface area contributed by atoms with Gasteiger partial charge in [-0.1, -0.05) is 0 Å². The Hall–Kier alpha value is -0.690. The Bertz CT molecular complexity index is 571. The predicted molar refractivity (Wildman–Crippen MR) is 70.3 cm³/mol. The number of aryl methyl sites for hydroxylation is 1. The smallest absolute Gasteiger partial charge is 0.243 e. The summed E-state index contributed by atoms with van der Waals surface area (Å²) in [7, 11) is -3.61. The first-order chi connectivity index (χ1) is 8.96. The molecule has 1 saturated heterocycles. The lowest BCUT2D eigenvalue weighted by Gasteiger charge is -2.26. The Kier molecular flexibility index (Phi) is 4.45. The predicted octanol–water partition coefficient (Wildman–Crippen LogP) is 1.89. The van der Waals surface area contributed by atoms with Crippen LogP contribution in [0.5, 0.6) is 0 Å². The summed E-state index contributed by atoms with van der Waals surface area (Å²) in [6.45, 7) is 2.91. The largest absolute Gasteiger partial charge is 0.379 e. The fourth-order valence-corrected chi connectivity index (χ4v) is 3.73. The maximum Gasteiger partial charge on any atom is 0.243 e. The van der Waals surface area contributed by atoms with Crippen LogP contribution in [-0.4, -0.2) is 39.0 Å². The van der Waals surface area contributed by atoms with Crippen LogP contribution in [0.25, 0.3) is 0 Å². The van der Waals surface area contributed by atoms with Gasteiger partial charge in [0.15, 0.2) is 0 Å². The van der Waals surface area contributed by atoms with E-state index in [1.165, 1.54) is 23.4 Å². The highest BCUT2D eigenvalue weighted by Gasteiger charge is 2.27. The zero-order valence-electron chi connectivity index (χ0n) is 10.5. The monoisotopic (exact) mass is 307 g/mol. The van der Waals surface area contributed by atoms with Crippen LogP contribution in [0.3, 0.4) is 0 Å². The molecule has 1 aliphatic heterocycles. The topological polar surface area (TPSA) is 46.6 Å². The number of hydrogen-bond donors (Lipinski definition) is 0. The highest BCUT2D eigenvalue weighted by Crippen LogP contribution is 2.23. The number of rotatable bonds is 3. The van der Waals surface area contributed by atoms with Crippen molar-refractivity contribution in [3.63, 3.8) is 0 Å². The van der Waals surface area contributed by atoms with E-state index in [0.29, 0.717) is 26.3 Å². The van der Waals surface area contributed by atoms with E-state index in [0.717, 1.165) is 0 Å². The second kappa shape index (κ2) is 5.75. The van der Waals surface area contributed by atoms with Crippen LogP contribution < -0.4 is 0 Å². The molecular formula is C12H15ClFNO3S. The molecule has 1 aromatic rings. The van der Waals surface area contributed by atoms with Crippen molar-refractivity contribution in [1.82, 2.24) is 4.31 Å². The molecule has 0 spiro atoms. The fraction of sp³-hybridized carbons (Fsp3) is 0.500. The lowest BCUT2D eigenvalue weighted by molar-refractivity contribution is 0.0730. The van der Waals surface area contributed by atoms with Gasteiger partial charge in [0, 0.05) is 18.7 Å². The highest BCUT2D eigenvalue weighted by molar-refractivity contribution is 7.89. The molecule has 0 N–H and O–H groups in total. The molecular weight excluding hydrogens is 293 g/mol. The summed E-state index contributed by atoms with van der Waals surface area (Å²) in [5, 5.41) is 0. The van der Waals surface area contributed by atoms with E-state index in [1.54, 1.807) is 0 Å². The number of nitrogens with zero attached hydrogens (tertiary/aromatic N) is 1. The second-order valence-corrected chi connectivity index (χ2v) is 6.57. The zero-order valence-corrected chi connectivity index (χ0v) is 12.1. The van der Waals surface area contributed by atoms with E-state index in [9.17, 15) is 12.8 Å². The zero-order chi connectivity index (χ0) is 14.0. The van der Waals surface area contributed by atoms with Crippen LogP contribution in [0.15, 0.2) is 17.0 Å². The van der Waals surface area contributed by atoms with Crippen molar-refractivity contribution in [3.8, 4) is 0 Å². The Balaban J connectivity index is 2.42. The Labute approximate surface area is 117 Å². The molecule has 2 rings (SSSR count). The van der Waals surface area contributed by atoms with E-state index in [4.69, 9.17) is 16.3 Å². The molecule has 1 aliphatic rings. The number of halogens is 2. The van der Waals surface area contributed by atoms with Gasteiger partial charge in [0.1, 0.15) is 5.82 Å². The van der Waals surface area contributed by atoms with Gasteiger partial charge in [0.25, 0.3) is 0 Å². The number of ether oxygens (including phenoxy) is 1. The molecule has 0 radical (unpaired) electrons. The van der Waals surface area contributed by atoms with Crippen molar-refractivity contribution in [3.05, 3.63) is 29.1 Å². The normalized spacial score (nSPS) is 17.6. The third-order valence-electron chi connectivity index (χ3n) is 3.06. The Morgan fingerprint density at radius 3 is 2.58 bits per heavy atom. The highest BCUT2D eigenvalue weighted by atomic mass is 35.5. The van der Waals surface area contributed by atoms with Crippen molar-refractivity contribution in [2.24, 2.45) is 0 Å². The van der Waals surface area contributed by atoms with Crippen LogP contribution in [-0.2, 0) is 20.6 Å². The summed E-state index contributed by atoms with van der Waals surface area (Å²) in [4.78, 5) is 0.0870. The maximum absolute atomic E-state index is 13.7. The van der Waals surface area contributed by atoms with Crippen molar-refractivity contribution in [2.75, 3.05) is 26.3 Å². The third kappa shape index (κ3) is 2.91. The van der Waals surface area contributed by atoms with Crippen molar-refractivity contribution < 1.29 is 17.5 Å². The van der Waals surface area contributed by atoms with E-state index in [1.807, 2.05) is 0 Å². The molecule has 0 saturated carbocycles. The van der Waals surface area contributed by atoms with Gasteiger partial charge in [0.2, 0.25) is 10.0 Å². The molecule has 0 aliphatic carbocycles. The van der Waals surface area contributed by atoms with Crippen LogP contribution in [0, 0.1) is 12.7 Å². The van der Waals surface area contributed by atoms with Crippen molar-refractivity contribution in [2.45, 2.75) is 17.7 Å². The summed E-state index contributed by atoms with van der Waals surface area (Å²) < 4.78 is 45.0. The second-order valence-electron chi connectivity index (χ2n) is 4.36. The van der Waals surface area contributed by atoms with Gasteiger partial charge in [-0.25, -0.2) is 12.8 Å². The van der Waals surface area contributed by atoms with E-state index >= 15 is 0 Å². The average molecular weight is 308 g/mol. The Morgan fingerprint density at radius 1 is 1.37 bits per heavy atom. The lowest BCUT2D eigenvalue weighted by atomic mass is 10.1. The number of morpholine rings is 1. The van der Waals surface area contributed by atoms with E-state index in [-0.39, 0.29) is 21.9 Å². The minimum atomic E-state index is -3.61. The molecule has 19 heavy (non-hydrogen) atoms. The van der Waals surface area contributed by atoms with Gasteiger partial charge in [0.05, 0.1) is 24.0 Å². The first kappa shape index (κ1) is 14.7. The van der Waals surface area contributed by atoms with Crippen LogP contribution in [0.1, 0.15) is 11.1 Å². The standard InChI is InChI=1S/C12H15ClFNO3S/c1-9-6-11(7-10(8-13)12(9)14)19(16,17)15-2-4-18-5-3-15/h6-7H,2-5,8H2,1H3. The van der Waals surface area contributed by atoms with Gasteiger partial charge in [-0.3, -0.25) is 0 Å². The van der Waals surface area contributed by atoms with Crippen LogP contribution in [0.2, 0.25) is 0 Å². The maximum atomic E-state index is 13.7. The molecule has 0 aromatic heterocycles. The summed E-state index contributed by atoms with van der Waals surface area (Å²) in [6.07, 6.45) is 0. The van der Waals surface area contributed by atoms with Crippen molar-refractivity contribution >= 4 is 21.6 Å². The fourth-order valence-electron chi connectivity index (χ4n) is 1.99. The van der Waals surface area contributed by atoms with Gasteiger partial charge in [-0.2, -0.15) is 4.31 Å². The summed E-state index contributed by atoms with van der Waals surface area (Å²) in [5.74, 6) is -0.505. The molecule has 106 valence electrons. The number of hydrogen-bond acceptors (Lipinski definition) is 3. The summed E-state index contributed by atoms with van der Waals surface area (Å²) >= 11 is 5.64. The molecule has 0 atom stereocenters. The quantitative estimate of drug-likeness (QED) is 0.801. The van der Waals surface area contributed by atoms with Crippen molar-refractivity contribution in [1.29, 1.82) is 0 Å². The number of sulfonamides is 1. The lowest BCUT2D eigenvalue weighted by Crippen LogP contribution is -2.40. The molecule has 1 aromatic carbocycles. The van der Waals surface area contributed by atoms with Gasteiger partial charge in [-0.05, 0) is 24.6 Å². The molecule has 1 fully saturated rings. The van der Waals surface area contributed by atoms with E-state index < -0.39 is 15.8 Å². The molecule has 4 nitrogen and oxygen atoms in total. The SMILES string of the molecule is Cc1cc(S(=O)(=O)N2CCOCC2)cc(CCl)c1F. The van der Waals surface area contributed by atoms with Gasteiger partial charge < -0.3 is 4.74 Å². The minimum absolute atomic E-state index is 0.0564. The first-order valence-electron chi connectivity index (χ1n) is 5.89. The molecule has 0 unspecified atom stereocenters.